The van der Waals surface area contributed by atoms with Crippen LogP contribution >= 0.6 is 0 Å². The van der Waals surface area contributed by atoms with E-state index in [4.69, 9.17) is 10.7 Å². The van der Waals surface area contributed by atoms with Gasteiger partial charge in [-0.25, -0.2) is 4.98 Å². The average Bonchev–Trinajstić information content (AvgIpc) is 3.32. The Kier molecular flexibility index (Phi) is 5.51. The standard InChI is InChI=1S/C25H26N6O3/c1-25(14-32,15-33)24(34)30-10-9-18-21(13-30)29-23-19(12-28-31(23)22(18)26)17-7-8-20(27-11-17)16-5-3-2-4-6-16/h2-8,11-12,32-33H,9-10,13-15,26H2,1H3. The molecule has 0 radical (unpaired) electrons. The number of fused-ring (bicyclic) bond motifs is 2. The van der Waals surface area contributed by atoms with E-state index in [0.29, 0.717) is 30.1 Å². The van der Waals surface area contributed by atoms with E-state index in [9.17, 15) is 15.0 Å². The molecule has 5 rings (SSSR count). The van der Waals surface area contributed by atoms with E-state index in [2.05, 4.69) is 10.1 Å². The van der Waals surface area contributed by atoms with Gasteiger partial charge in [-0.15, -0.1) is 0 Å². The number of carbonyl (C=O) groups excluding carboxylic acids is 1. The van der Waals surface area contributed by atoms with E-state index < -0.39 is 18.6 Å². The molecule has 174 valence electrons. The average molecular weight is 459 g/mol. The third kappa shape index (κ3) is 3.59. The fourth-order valence-electron chi connectivity index (χ4n) is 4.28. The minimum absolute atomic E-state index is 0.250. The van der Waals surface area contributed by atoms with Crippen molar-refractivity contribution in [3.05, 3.63) is 66.1 Å². The van der Waals surface area contributed by atoms with E-state index in [1.807, 2.05) is 42.5 Å². The Labute approximate surface area is 196 Å². The molecule has 9 nitrogen and oxygen atoms in total. The molecule has 4 heterocycles. The zero-order valence-electron chi connectivity index (χ0n) is 18.8. The summed E-state index contributed by atoms with van der Waals surface area (Å²) in [7, 11) is 0. The van der Waals surface area contributed by atoms with Crippen LogP contribution in [0.15, 0.2) is 54.9 Å². The molecule has 0 spiro atoms. The lowest BCUT2D eigenvalue weighted by atomic mass is 9.90. The molecule has 0 fully saturated rings. The van der Waals surface area contributed by atoms with Crippen molar-refractivity contribution >= 4 is 17.4 Å². The Morgan fingerprint density at radius 1 is 1.09 bits per heavy atom. The third-order valence-electron chi connectivity index (χ3n) is 6.49. The third-order valence-corrected chi connectivity index (χ3v) is 6.49. The maximum atomic E-state index is 12.9. The number of anilines is 1. The predicted octanol–water partition coefficient (Wildman–Crippen LogP) is 1.92. The first kappa shape index (κ1) is 22.0. The molecule has 1 amide bonds. The first-order valence-corrected chi connectivity index (χ1v) is 11.1. The van der Waals surface area contributed by atoms with Crippen LogP contribution in [0, 0.1) is 5.41 Å². The molecule has 0 bridgehead atoms. The zero-order chi connectivity index (χ0) is 23.9. The Balaban J connectivity index is 1.50. The van der Waals surface area contributed by atoms with Crippen molar-refractivity contribution in [2.75, 3.05) is 25.5 Å². The molecule has 0 unspecified atom stereocenters. The fourth-order valence-corrected chi connectivity index (χ4v) is 4.28. The van der Waals surface area contributed by atoms with E-state index in [0.717, 1.165) is 27.9 Å². The highest BCUT2D eigenvalue weighted by Gasteiger charge is 2.37. The van der Waals surface area contributed by atoms with Crippen molar-refractivity contribution in [2.24, 2.45) is 5.41 Å². The number of pyridine rings is 1. The van der Waals surface area contributed by atoms with Gasteiger partial charge in [0.2, 0.25) is 5.91 Å². The van der Waals surface area contributed by atoms with Crippen LogP contribution < -0.4 is 5.73 Å². The van der Waals surface area contributed by atoms with E-state index in [-0.39, 0.29) is 12.5 Å². The first-order valence-electron chi connectivity index (χ1n) is 11.1. The van der Waals surface area contributed by atoms with Gasteiger partial charge in [0.1, 0.15) is 5.82 Å². The van der Waals surface area contributed by atoms with E-state index in [1.165, 1.54) is 0 Å². The molecule has 1 aromatic carbocycles. The Morgan fingerprint density at radius 3 is 2.53 bits per heavy atom. The van der Waals surface area contributed by atoms with Gasteiger partial charge >= 0.3 is 0 Å². The van der Waals surface area contributed by atoms with Gasteiger partial charge in [0.15, 0.2) is 5.65 Å². The minimum Gasteiger partial charge on any atom is -0.395 e. The second-order valence-electron chi connectivity index (χ2n) is 8.87. The molecule has 4 aromatic rings. The number of benzene rings is 1. The van der Waals surface area contributed by atoms with Crippen molar-refractivity contribution in [2.45, 2.75) is 19.9 Å². The summed E-state index contributed by atoms with van der Waals surface area (Å²) in [5, 5.41) is 23.7. The molecular formula is C25H26N6O3. The number of aliphatic hydroxyl groups excluding tert-OH is 2. The fraction of sp³-hybridized carbons (Fsp3) is 0.280. The molecule has 4 N–H and O–H groups in total. The highest BCUT2D eigenvalue weighted by Crippen LogP contribution is 2.31. The van der Waals surface area contributed by atoms with Crippen LogP contribution in [0.25, 0.3) is 28.0 Å². The molecule has 9 heteroatoms. The lowest BCUT2D eigenvalue weighted by molar-refractivity contribution is -0.147. The Morgan fingerprint density at radius 2 is 1.85 bits per heavy atom. The molecule has 0 saturated heterocycles. The predicted molar refractivity (Wildman–Crippen MR) is 127 cm³/mol. The summed E-state index contributed by atoms with van der Waals surface area (Å²) in [5.41, 5.74) is 10.9. The highest BCUT2D eigenvalue weighted by molar-refractivity contribution is 5.83. The van der Waals surface area contributed by atoms with Crippen molar-refractivity contribution in [1.82, 2.24) is 24.5 Å². The van der Waals surface area contributed by atoms with Crippen molar-refractivity contribution in [3.8, 4) is 22.4 Å². The molecule has 1 aliphatic rings. The molecular weight excluding hydrogens is 432 g/mol. The number of aromatic nitrogens is 4. The van der Waals surface area contributed by atoms with Gasteiger partial charge in [0, 0.05) is 35.0 Å². The number of carbonyl (C=O) groups is 1. The van der Waals surface area contributed by atoms with Crippen molar-refractivity contribution < 1.29 is 15.0 Å². The molecule has 0 aliphatic carbocycles. The number of nitrogens with zero attached hydrogens (tertiary/aromatic N) is 5. The van der Waals surface area contributed by atoms with Gasteiger partial charge in [-0.3, -0.25) is 9.78 Å². The minimum atomic E-state index is -1.24. The number of hydrogen-bond donors (Lipinski definition) is 3. The first-order chi connectivity index (χ1) is 16.4. The maximum absolute atomic E-state index is 12.9. The number of hydrogen-bond acceptors (Lipinski definition) is 7. The summed E-state index contributed by atoms with van der Waals surface area (Å²) in [5.74, 6) is 0.192. The summed E-state index contributed by atoms with van der Waals surface area (Å²) in [4.78, 5) is 24.0. The zero-order valence-corrected chi connectivity index (χ0v) is 18.8. The van der Waals surface area contributed by atoms with Crippen LogP contribution in [0.1, 0.15) is 18.2 Å². The summed E-state index contributed by atoms with van der Waals surface area (Å²) in [6.07, 6.45) is 4.03. The lowest BCUT2D eigenvalue weighted by Gasteiger charge is -2.35. The highest BCUT2D eigenvalue weighted by atomic mass is 16.3. The number of amides is 1. The van der Waals surface area contributed by atoms with Crippen LogP contribution in [-0.2, 0) is 17.8 Å². The quantitative estimate of drug-likeness (QED) is 0.416. The normalized spacial score (nSPS) is 13.8. The van der Waals surface area contributed by atoms with Gasteiger partial charge < -0.3 is 20.8 Å². The summed E-state index contributed by atoms with van der Waals surface area (Å²) in [6, 6.07) is 13.9. The SMILES string of the molecule is CC(CO)(CO)C(=O)N1CCc2c(nc3c(-c4ccc(-c5ccccc5)nc4)cnn3c2N)C1. The molecule has 3 aromatic heterocycles. The second-order valence-corrected chi connectivity index (χ2v) is 8.87. The van der Waals surface area contributed by atoms with Crippen molar-refractivity contribution in [3.63, 3.8) is 0 Å². The number of rotatable bonds is 5. The van der Waals surface area contributed by atoms with Crippen LogP contribution in [0.4, 0.5) is 5.82 Å². The molecule has 1 aliphatic heterocycles. The number of aliphatic hydroxyl groups is 2. The smallest absolute Gasteiger partial charge is 0.233 e. The van der Waals surface area contributed by atoms with Crippen LogP contribution in [0.2, 0.25) is 0 Å². The van der Waals surface area contributed by atoms with Gasteiger partial charge in [0.25, 0.3) is 0 Å². The van der Waals surface area contributed by atoms with E-state index >= 15 is 0 Å². The van der Waals surface area contributed by atoms with Gasteiger partial charge in [-0.05, 0) is 19.4 Å². The van der Waals surface area contributed by atoms with Crippen LogP contribution in [-0.4, -0.2) is 60.4 Å². The topological polar surface area (TPSA) is 130 Å². The van der Waals surface area contributed by atoms with Gasteiger partial charge in [0.05, 0.1) is 42.8 Å². The molecule has 0 saturated carbocycles. The monoisotopic (exact) mass is 458 g/mol. The number of nitrogens with two attached hydrogens (primary N) is 1. The van der Waals surface area contributed by atoms with Crippen LogP contribution in [0.3, 0.4) is 0 Å². The largest absolute Gasteiger partial charge is 0.395 e. The Bertz CT molecular complexity index is 1350. The number of nitrogen functional groups attached to an aromatic ring is 1. The van der Waals surface area contributed by atoms with Crippen LogP contribution in [0.5, 0.6) is 0 Å². The van der Waals surface area contributed by atoms with E-state index in [1.54, 1.807) is 28.7 Å². The summed E-state index contributed by atoms with van der Waals surface area (Å²) >= 11 is 0. The maximum Gasteiger partial charge on any atom is 0.233 e. The summed E-state index contributed by atoms with van der Waals surface area (Å²) < 4.78 is 1.63. The lowest BCUT2D eigenvalue weighted by Crippen LogP contribution is -2.48. The van der Waals surface area contributed by atoms with Gasteiger partial charge in [-0.2, -0.15) is 9.61 Å². The van der Waals surface area contributed by atoms with Crippen molar-refractivity contribution in [1.29, 1.82) is 0 Å². The second kappa shape index (κ2) is 8.51. The summed E-state index contributed by atoms with van der Waals surface area (Å²) in [6.45, 7) is 1.37. The Hall–Kier alpha value is -3.82. The molecule has 34 heavy (non-hydrogen) atoms. The molecule has 0 atom stereocenters. The van der Waals surface area contributed by atoms with Gasteiger partial charge in [-0.1, -0.05) is 36.4 Å².